The van der Waals surface area contributed by atoms with Crippen LogP contribution in [-0.2, 0) is 0 Å². The molecule has 2 nitrogen and oxygen atoms in total. The van der Waals surface area contributed by atoms with Gasteiger partial charge in [-0.25, -0.2) is 0 Å². The monoisotopic (exact) mass is 294 g/mol. The zero-order chi connectivity index (χ0) is 15.5. The van der Waals surface area contributed by atoms with Crippen LogP contribution in [0.5, 0.6) is 0 Å². The van der Waals surface area contributed by atoms with Crippen LogP contribution in [0, 0.1) is 5.92 Å². The maximum Gasteiger partial charge on any atom is 0.0309 e. The van der Waals surface area contributed by atoms with Crippen molar-refractivity contribution in [3.05, 3.63) is 0 Å². The van der Waals surface area contributed by atoms with Gasteiger partial charge in [0.25, 0.3) is 0 Å². The fraction of sp³-hybridized carbons (Fsp3) is 1.00. The van der Waals surface area contributed by atoms with E-state index in [1.54, 1.807) is 0 Å². The van der Waals surface area contributed by atoms with Gasteiger partial charge in [-0.3, -0.25) is 4.90 Å². The molecule has 21 heavy (non-hydrogen) atoms. The smallest absolute Gasteiger partial charge is 0.0309 e. The summed E-state index contributed by atoms with van der Waals surface area (Å²) >= 11 is 0. The topological polar surface area (TPSA) is 15.3 Å². The van der Waals surface area contributed by atoms with Crippen molar-refractivity contribution >= 4 is 0 Å². The summed E-state index contributed by atoms with van der Waals surface area (Å²) in [5, 5.41) is 4.00. The minimum absolute atomic E-state index is 0.418. The van der Waals surface area contributed by atoms with E-state index in [1.807, 2.05) is 0 Å². The van der Waals surface area contributed by atoms with E-state index >= 15 is 0 Å². The summed E-state index contributed by atoms with van der Waals surface area (Å²) in [6.45, 7) is 14.5. The van der Waals surface area contributed by atoms with E-state index in [4.69, 9.17) is 0 Å². The van der Waals surface area contributed by atoms with E-state index in [9.17, 15) is 0 Å². The van der Waals surface area contributed by atoms with Crippen molar-refractivity contribution in [1.82, 2.24) is 10.2 Å². The third kappa shape index (κ3) is 3.32. The molecular weight excluding hydrogens is 256 g/mol. The van der Waals surface area contributed by atoms with Gasteiger partial charge in [0, 0.05) is 30.2 Å². The summed E-state index contributed by atoms with van der Waals surface area (Å²) < 4.78 is 0. The van der Waals surface area contributed by atoms with Gasteiger partial charge in [0.2, 0.25) is 0 Å². The van der Waals surface area contributed by atoms with E-state index in [1.165, 1.54) is 64.5 Å². The Bertz CT molecular complexity index is 305. The largest absolute Gasteiger partial charge is 0.308 e. The Labute approximate surface area is 133 Å². The highest BCUT2D eigenvalue weighted by atomic mass is 15.3. The average Bonchev–Trinajstić information content (AvgIpc) is 2.50. The number of hydrogen-bond donors (Lipinski definition) is 1. The lowest BCUT2D eigenvalue weighted by Gasteiger charge is -2.57. The zero-order valence-corrected chi connectivity index (χ0v) is 15.2. The van der Waals surface area contributed by atoms with Crippen LogP contribution in [-0.4, -0.2) is 35.1 Å². The maximum absolute atomic E-state index is 4.00. The van der Waals surface area contributed by atoms with Gasteiger partial charge in [-0.15, -0.1) is 0 Å². The molecule has 1 spiro atoms. The van der Waals surface area contributed by atoms with E-state index in [0.717, 1.165) is 5.92 Å². The molecular formula is C19H38N2. The Hall–Kier alpha value is -0.0800. The van der Waals surface area contributed by atoms with Crippen molar-refractivity contribution in [2.45, 2.75) is 103 Å². The Balaban J connectivity index is 2.26. The van der Waals surface area contributed by atoms with Crippen molar-refractivity contribution in [3.63, 3.8) is 0 Å². The molecule has 1 heterocycles. The second-order valence-electron chi connectivity index (χ2n) is 7.95. The fourth-order valence-corrected chi connectivity index (χ4v) is 4.97. The summed E-state index contributed by atoms with van der Waals surface area (Å²) in [7, 11) is 0. The second-order valence-corrected chi connectivity index (χ2v) is 7.95. The van der Waals surface area contributed by atoms with Gasteiger partial charge in [-0.1, -0.05) is 53.9 Å². The number of nitrogens with one attached hydrogen (secondary N) is 1. The molecule has 0 bridgehead atoms. The highest BCUT2D eigenvalue weighted by Gasteiger charge is 2.46. The molecule has 1 saturated carbocycles. The standard InChI is InChI=1S/C19H38N2/c1-6-19(7-2,8-3)21-15-18(12-10-9-11-13-18)20-14-17(21)16(4)5/h16-17,20H,6-15H2,1-5H3. The molecule has 1 unspecified atom stereocenters. The number of rotatable bonds is 5. The summed E-state index contributed by atoms with van der Waals surface area (Å²) in [5.41, 5.74) is 0.843. The van der Waals surface area contributed by atoms with Gasteiger partial charge in [0.05, 0.1) is 0 Å². The van der Waals surface area contributed by atoms with Crippen LogP contribution in [0.25, 0.3) is 0 Å². The van der Waals surface area contributed by atoms with Crippen molar-refractivity contribution in [1.29, 1.82) is 0 Å². The zero-order valence-electron chi connectivity index (χ0n) is 15.2. The molecule has 1 aliphatic carbocycles. The first-order valence-corrected chi connectivity index (χ1v) is 9.54. The van der Waals surface area contributed by atoms with Crippen LogP contribution in [0.2, 0.25) is 0 Å². The molecule has 124 valence electrons. The second kappa shape index (κ2) is 7.00. The van der Waals surface area contributed by atoms with Gasteiger partial charge < -0.3 is 5.32 Å². The van der Waals surface area contributed by atoms with E-state index in [0.29, 0.717) is 17.1 Å². The Morgan fingerprint density at radius 2 is 1.62 bits per heavy atom. The van der Waals surface area contributed by atoms with E-state index in [-0.39, 0.29) is 0 Å². The van der Waals surface area contributed by atoms with Crippen molar-refractivity contribution in [3.8, 4) is 0 Å². The van der Waals surface area contributed by atoms with E-state index in [2.05, 4.69) is 44.8 Å². The number of hydrogen-bond acceptors (Lipinski definition) is 2. The third-order valence-corrected chi connectivity index (χ3v) is 6.72. The molecule has 1 N–H and O–H groups in total. The molecule has 2 aliphatic rings. The Morgan fingerprint density at radius 3 is 2.10 bits per heavy atom. The third-order valence-electron chi connectivity index (χ3n) is 6.72. The Kier molecular flexibility index (Phi) is 5.76. The Morgan fingerprint density at radius 1 is 1.05 bits per heavy atom. The van der Waals surface area contributed by atoms with Gasteiger partial charge >= 0.3 is 0 Å². The summed E-state index contributed by atoms with van der Waals surface area (Å²) in [5.74, 6) is 0.738. The highest BCUT2D eigenvalue weighted by molar-refractivity contribution is 5.05. The molecule has 2 rings (SSSR count). The van der Waals surface area contributed by atoms with Crippen LogP contribution in [0.1, 0.15) is 86.0 Å². The van der Waals surface area contributed by atoms with Crippen LogP contribution in [0.3, 0.4) is 0 Å². The van der Waals surface area contributed by atoms with Gasteiger partial charge in [-0.2, -0.15) is 0 Å². The summed E-state index contributed by atoms with van der Waals surface area (Å²) in [6.07, 6.45) is 10.9. The molecule has 2 fully saturated rings. The van der Waals surface area contributed by atoms with E-state index < -0.39 is 0 Å². The average molecular weight is 295 g/mol. The van der Waals surface area contributed by atoms with Crippen LogP contribution >= 0.6 is 0 Å². The molecule has 0 aromatic carbocycles. The lowest BCUT2D eigenvalue weighted by atomic mass is 9.75. The molecule has 0 radical (unpaired) electrons. The first-order valence-electron chi connectivity index (χ1n) is 9.54. The molecule has 1 atom stereocenters. The normalized spacial score (nSPS) is 27.4. The molecule has 1 saturated heterocycles. The molecule has 0 aromatic heterocycles. The van der Waals surface area contributed by atoms with Crippen LogP contribution in [0.15, 0.2) is 0 Å². The van der Waals surface area contributed by atoms with Crippen LogP contribution < -0.4 is 5.32 Å². The van der Waals surface area contributed by atoms with Gasteiger partial charge in [0.15, 0.2) is 0 Å². The van der Waals surface area contributed by atoms with Gasteiger partial charge in [-0.05, 0) is 38.0 Å². The first-order chi connectivity index (χ1) is 10.0. The molecule has 2 heteroatoms. The van der Waals surface area contributed by atoms with Crippen LogP contribution in [0.4, 0.5) is 0 Å². The van der Waals surface area contributed by atoms with Crippen molar-refractivity contribution < 1.29 is 0 Å². The van der Waals surface area contributed by atoms with Crippen molar-refractivity contribution in [2.75, 3.05) is 13.1 Å². The first kappa shape index (κ1) is 17.3. The fourth-order valence-electron chi connectivity index (χ4n) is 4.97. The van der Waals surface area contributed by atoms with Crippen molar-refractivity contribution in [2.24, 2.45) is 5.92 Å². The lowest BCUT2D eigenvalue weighted by Crippen LogP contribution is -2.70. The minimum atomic E-state index is 0.418. The predicted molar refractivity (Wildman–Crippen MR) is 92.8 cm³/mol. The predicted octanol–water partition coefficient (Wildman–Crippen LogP) is 4.59. The SMILES string of the molecule is CCC(CC)(CC)N1CC2(CCCCC2)NCC1C(C)C. The number of piperazine rings is 1. The summed E-state index contributed by atoms with van der Waals surface area (Å²) in [4.78, 5) is 2.94. The number of nitrogens with zero attached hydrogens (tertiary/aromatic N) is 1. The molecule has 0 aromatic rings. The highest BCUT2D eigenvalue weighted by Crippen LogP contribution is 2.39. The minimum Gasteiger partial charge on any atom is -0.308 e. The molecule has 0 amide bonds. The summed E-state index contributed by atoms with van der Waals surface area (Å²) in [6, 6.07) is 0.706. The lowest BCUT2D eigenvalue weighted by molar-refractivity contribution is -0.0492. The quantitative estimate of drug-likeness (QED) is 0.798. The maximum atomic E-state index is 4.00. The van der Waals surface area contributed by atoms with Gasteiger partial charge in [0.1, 0.15) is 0 Å². The molecule has 1 aliphatic heterocycles.